The van der Waals surface area contributed by atoms with E-state index < -0.39 is 11.9 Å². The van der Waals surface area contributed by atoms with Crippen molar-refractivity contribution in [1.82, 2.24) is 0 Å². The van der Waals surface area contributed by atoms with Crippen LogP contribution < -0.4 is 15.2 Å². The molecule has 1 aliphatic heterocycles. The van der Waals surface area contributed by atoms with Crippen LogP contribution in [0.3, 0.4) is 0 Å². The number of furan rings is 1. The minimum atomic E-state index is -0.605. The van der Waals surface area contributed by atoms with Crippen molar-refractivity contribution in [2.45, 2.75) is 5.92 Å². The molecule has 32 heavy (non-hydrogen) atoms. The van der Waals surface area contributed by atoms with Gasteiger partial charge in [0.05, 0.1) is 17.2 Å². The highest BCUT2D eigenvalue weighted by molar-refractivity contribution is 7.21. The third kappa shape index (κ3) is 3.39. The van der Waals surface area contributed by atoms with Gasteiger partial charge in [-0.3, -0.25) is 0 Å². The number of benzene rings is 2. The molecule has 0 amide bonds. The number of hydrogen-bond donors (Lipinski definition) is 1. The lowest BCUT2D eigenvalue weighted by Gasteiger charge is -2.25. The van der Waals surface area contributed by atoms with Gasteiger partial charge in [-0.2, -0.15) is 5.26 Å². The van der Waals surface area contributed by atoms with Gasteiger partial charge in [0.2, 0.25) is 5.88 Å². The number of carbonyl (C=O) groups is 1. The lowest BCUT2D eigenvalue weighted by atomic mass is 9.87. The Morgan fingerprint density at radius 3 is 2.78 bits per heavy atom. The van der Waals surface area contributed by atoms with Crippen LogP contribution in [0, 0.1) is 11.3 Å². The van der Waals surface area contributed by atoms with Gasteiger partial charge < -0.3 is 19.6 Å². The number of carbonyl (C=O) groups excluding carboxylic acids is 1. The largest absolute Gasteiger partial charge is 0.468 e. The lowest BCUT2D eigenvalue weighted by molar-refractivity contribution is 0.0740. The number of esters is 1. The van der Waals surface area contributed by atoms with E-state index in [1.807, 2.05) is 0 Å². The molecule has 2 N–H and O–H groups in total. The van der Waals surface area contributed by atoms with E-state index in [-0.39, 0.29) is 22.1 Å². The zero-order valence-corrected chi connectivity index (χ0v) is 18.4. The van der Waals surface area contributed by atoms with Gasteiger partial charge in [-0.15, -0.1) is 11.3 Å². The second-order valence-electron chi connectivity index (χ2n) is 6.92. The minimum absolute atomic E-state index is 0.0330. The quantitative estimate of drug-likeness (QED) is 0.274. The number of nitriles is 1. The SMILES string of the molecule is N#CC1=C(N)Oc2cc(OC(=O)c3sc4cc(Cl)ccc4c3Cl)ccc2C1c1ccco1. The fourth-order valence-corrected chi connectivity index (χ4v) is 5.23. The molecular formula is C23H12Cl2N2O4S. The molecule has 0 spiro atoms. The second kappa shape index (κ2) is 7.92. The lowest BCUT2D eigenvalue weighted by Crippen LogP contribution is -2.21. The Kier molecular flexibility index (Phi) is 5.06. The van der Waals surface area contributed by atoms with Gasteiger partial charge in [-0.25, -0.2) is 4.79 Å². The summed E-state index contributed by atoms with van der Waals surface area (Å²) < 4.78 is 17.5. The molecule has 2 aromatic carbocycles. The molecule has 0 bridgehead atoms. The van der Waals surface area contributed by atoms with Crippen LogP contribution in [-0.2, 0) is 0 Å². The number of ether oxygens (including phenoxy) is 2. The van der Waals surface area contributed by atoms with Gasteiger partial charge in [-0.1, -0.05) is 35.3 Å². The molecule has 6 nitrogen and oxygen atoms in total. The highest BCUT2D eigenvalue weighted by atomic mass is 35.5. The van der Waals surface area contributed by atoms with Crippen molar-refractivity contribution in [3.8, 4) is 17.6 Å². The maximum atomic E-state index is 12.8. The van der Waals surface area contributed by atoms with E-state index in [9.17, 15) is 10.1 Å². The first-order valence-corrected chi connectivity index (χ1v) is 10.9. The third-order valence-electron chi connectivity index (χ3n) is 5.01. The van der Waals surface area contributed by atoms with Gasteiger partial charge >= 0.3 is 5.97 Å². The molecule has 0 saturated carbocycles. The van der Waals surface area contributed by atoms with Gasteiger partial charge in [-0.05, 0) is 30.3 Å². The Morgan fingerprint density at radius 2 is 2.03 bits per heavy atom. The minimum Gasteiger partial charge on any atom is -0.468 e. The van der Waals surface area contributed by atoms with Crippen molar-refractivity contribution in [2.75, 3.05) is 0 Å². The Bertz CT molecular complexity index is 1450. The Balaban J connectivity index is 1.48. The Hall–Kier alpha value is -3.44. The number of thiophene rings is 1. The number of rotatable bonds is 3. The van der Waals surface area contributed by atoms with Crippen LogP contribution in [0.2, 0.25) is 10.0 Å². The maximum Gasteiger partial charge on any atom is 0.355 e. The molecular weight excluding hydrogens is 471 g/mol. The molecule has 9 heteroatoms. The number of nitrogens with two attached hydrogens (primary N) is 1. The van der Waals surface area contributed by atoms with Crippen molar-refractivity contribution in [3.05, 3.63) is 92.5 Å². The summed E-state index contributed by atoms with van der Waals surface area (Å²) in [4.78, 5) is 13.1. The van der Waals surface area contributed by atoms with Crippen molar-refractivity contribution in [1.29, 1.82) is 5.26 Å². The number of fused-ring (bicyclic) bond motifs is 2. The first-order valence-electron chi connectivity index (χ1n) is 9.31. The Labute approximate surface area is 196 Å². The van der Waals surface area contributed by atoms with Crippen molar-refractivity contribution >= 4 is 50.6 Å². The van der Waals surface area contributed by atoms with Crippen LogP contribution in [0.15, 0.2) is 70.7 Å². The first-order chi connectivity index (χ1) is 15.5. The van der Waals surface area contributed by atoms with E-state index in [0.717, 1.165) is 10.1 Å². The first kappa shape index (κ1) is 20.5. The summed E-state index contributed by atoms with van der Waals surface area (Å²) >= 11 is 13.6. The number of hydrogen-bond acceptors (Lipinski definition) is 7. The summed E-state index contributed by atoms with van der Waals surface area (Å²) in [5.41, 5.74) is 6.89. The zero-order valence-electron chi connectivity index (χ0n) is 16.1. The predicted octanol–water partition coefficient (Wildman–Crippen LogP) is 6.24. The van der Waals surface area contributed by atoms with Crippen molar-refractivity contribution in [3.63, 3.8) is 0 Å². The summed E-state index contributed by atoms with van der Waals surface area (Å²) in [5, 5.41) is 11.1. The standard InChI is InChI=1S/C23H12Cl2N2O4S/c24-11-3-5-14-18(8-11)32-21(20(14)25)23(28)30-12-4-6-13-17(9-12)31-22(27)15(10-26)19(13)16-2-1-7-29-16/h1-9,19H,27H2. The van der Waals surface area contributed by atoms with Gasteiger partial charge in [0, 0.05) is 26.7 Å². The molecule has 2 aromatic heterocycles. The van der Waals surface area contributed by atoms with E-state index in [1.165, 1.54) is 17.6 Å². The summed E-state index contributed by atoms with van der Waals surface area (Å²) in [6, 6.07) is 15.7. The zero-order chi connectivity index (χ0) is 22.4. The molecule has 0 aliphatic carbocycles. The van der Waals surface area contributed by atoms with E-state index in [0.29, 0.717) is 27.1 Å². The fraction of sp³-hybridized carbons (Fsp3) is 0.0435. The Morgan fingerprint density at radius 1 is 1.19 bits per heavy atom. The van der Waals surface area contributed by atoms with Gasteiger partial charge in [0.1, 0.15) is 33.8 Å². The molecule has 1 unspecified atom stereocenters. The maximum absolute atomic E-state index is 12.8. The molecule has 5 rings (SSSR count). The topological polar surface area (TPSA) is 98.5 Å². The summed E-state index contributed by atoms with van der Waals surface area (Å²) in [5.74, 6) is -0.00451. The number of allylic oxidation sites excluding steroid dienone is 1. The van der Waals surface area contributed by atoms with Crippen molar-refractivity contribution in [2.24, 2.45) is 5.73 Å². The average Bonchev–Trinajstić information content (AvgIpc) is 3.40. The summed E-state index contributed by atoms with van der Waals surface area (Å²) in [6.07, 6.45) is 1.52. The van der Waals surface area contributed by atoms with Crippen LogP contribution in [0.25, 0.3) is 10.1 Å². The van der Waals surface area contributed by atoms with Crippen LogP contribution >= 0.6 is 34.5 Å². The second-order valence-corrected chi connectivity index (χ2v) is 8.78. The monoisotopic (exact) mass is 482 g/mol. The molecule has 0 radical (unpaired) electrons. The number of halogens is 2. The van der Waals surface area contributed by atoms with Gasteiger partial charge in [0.15, 0.2) is 0 Å². The molecule has 4 aromatic rings. The van der Waals surface area contributed by atoms with E-state index in [1.54, 1.807) is 48.5 Å². The molecule has 158 valence electrons. The highest BCUT2D eigenvalue weighted by Crippen LogP contribution is 2.44. The molecule has 3 heterocycles. The van der Waals surface area contributed by atoms with Gasteiger partial charge in [0.25, 0.3) is 0 Å². The van der Waals surface area contributed by atoms with Crippen molar-refractivity contribution < 1.29 is 18.7 Å². The van der Waals surface area contributed by atoms with Crippen LogP contribution in [0.1, 0.15) is 26.9 Å². The molecule has 1 atom stereocenters. The summed E-state index contributed by atoms with van der Waals surface area (Å²) in [6.45, 7) is 0. The predicted molar refractivity (Wildman–Crippen MR) is 121 cm³/mol. The molecule has 1 aliphatic rings. The van der Waals surface area contributed by atoms with E-state index >= 15 is 0 Å². The van der Waals surface area contributed by atoms with Crippen LogP contribution in [0.5, 0.6) is 11.5 Å². The molecule has 0 fully saturated rings. The smallest absolute Gasteiger partial charge is 0.355 e. The number of nitrogens with zero attached hydrogens (tertiary/aromatic N) is 1. The average molecular weight is 483 g/mol. The normalized spacial score (nSPS) is 15.2. The highest BCUT2D eigenvalue weighted by Gasteiger charge is 2.33. The van der Waals surface area contributed by atoms with E-state index in [2.05, 4.69) is 6.07 Å². The van der Waals surface area contributed by atoms with Crippen LogP contribution in [-0.4, -0.2) is 5.97 Å². The summed E-state index contributed by atoms with van der Waals surface area (Å²) in [7, 11) is 0. The van der Waals surface area contributed by atoms with E-state index in [4.69, 9.17) is 42.8 Å². The third-order valence-corrected chi connectivity index (χ3v) is 6.88. The molecule has 0 saturated heterocycles. The van der Waals surface area contributed by atoms with Crippen LogP contribution in [0.4, 0.5) is 0 Å². The fourth-order valence-electron chi connectivity index (χ4n) is 3.57.